The summed E-state index contributed by atoms with van der Waals surface area (Å²) >= 11 is 0. The molecule has 18 heavy (non-hydrogen) atoms. The van der Waals surface area contributed by atoms with Gasteiger partial charge in [0.25, 0.3) is 0 Å². The van der Waals surface area contributed by atoms with Crippen molar-refractivity contribution in [1.29, 1.82) is 0 Å². The van der Waals surface area contributed by atoms with E-state index in [1.165, 1.54) is 13.2 Å². The fourth-order valence-corrected chi connectivity index (χ4v) is 2.04. The minimum atomic E-state index is -0.166. The van der Waals surface area contributed by atoms with Gasteiger partial charge in [-0.2, -0.15) is 0 Å². The molecule has 98 valence electrons. The van der Waals surface area contributed by atoms with E-state index in [1.54, 1.807) is 12.1 Å². The molecule has 1 atom stereocenters. The van der Waals surface area contributed by atoms with Gasteiger partial charge in [0, 0.05) is 6.07 Å². The van der Waals surface area contributed by atoms with Crippen LogP contribution in [0.2, 0.25) is 0 Å². The van der Waals surface area contributed by atoms with E-state index in [9.17, 15) is 9.90 Å². The van der Waals surface area contributed by atoms with Gasteiger partial charge in [-0.25, -0.2) is 0 Å². The third-order valence-corrected chi connectivity index (χ3v) is 3.09. The predicted octanol–water partition coefficient (Wildman–Crippen LogP) is 1.48. The molecular weight excluding hydrogens is 232 g/mol. The molecule has 1 heterocycles. The van der Waals surface area contributed by atoms with E-state index in [2.05, 4.69) is 10.6 Å². The van der Waals surface area contributed by atoms with E-state index >= 15 is 0 Å². The smallest absolute Gasteiger partial charge is 0.241 e. The number of hydrogen-bond acceptors (Lipinski definition) is 4. The summed E-state index contributed by atoms with van der Waals surface area (Å²) in [7, 11) is 1.53. The number of nitrogens with one attached hydrogen (secondary N) is 2. The van der Waals surface area contributed by atoms with Gasteiger partial charge in [-0.3, -0.25) is 4.79 Å². The zero-order valence-electron chi connectivity index (χ0n) is 10.4. The Kier molecular flexibility index (Phi) is 4.04. The van der Waals surface area contributed by atoms with Gasteiger partial charge in [-0.1, -0.05) is 6.42 Å². The molecule has 0 aliphatic carbocycles. The van der Waals surface area contributed by atoms with Crippen LogP contribution in [-0.2, 0) is 4.79 Å². The summed E-state index contributed by atoms with van der Waals surface area (Å²) in [5.41, 5.74) is 0.410. The van der Waals surface area contributed by atoms with Crippen molar-refractivity contribution in [3.05, 3.63) is 18.2 Å². The highest BCUT2D eigenvalue weighted by Gasteiger charge is 2.21. The highest BCUT2D eigenvalue weighted by Crippen LogP contribution is 2.28. The monoisotopic (exact) mass is 250 g/mol. The minimum absolute atomic E-state index is 0.0125. The van der Waals surface area contributed by atoms with Crippen molar-refractivity contribution in [3.63, 3.8) is 0 Å². The Hall–Kier alpha value is -1.75. The van der Waals surface area contributed by atoms with Crippen molar-refractivity contribution in [3.8, 4) is 11.5 Å². The molecule has 5 nitrogen and oxygen atoms in total. The molecule has 0 bridgehead atoms. The molecule has 2 rings (SSSR count). The van der Waals surface area contributed by atoms with Gasteiger partial charge in [-0.05, 0) is 31.5 Å². The Labute approximate surface area is 106 Å². The fourth-order valence-electron chi connectivity index (χ4n) is 2.04. The second kappa shape index (κ2) is 5.73. The average Bonchev–Trinajstić information content (AvgIpc) is 2.42. The number of anilines is 1. The lowest BCUT2D eigenvalue weighted by Crippen LogP contribution is -2.43. The van der Waals surface area contributed by atoms with E-state index < -0.39 is 0 Å². The number of methoxy groups -OCH3 is 1. The molecule has 1 aliphatic rings. The van der Waals surface area contributed by atoms with Crippen LogP contribution in [0.15, 0.2) is 18.2 Å². The topological polar surface area (TPSA) is 70.6 Å². The number of carbonyl (C=O) groups excluding carboxylic acids is 1. The van der Waals surface area contributed by atoms with E-state index in [0.717, 1.165) is 25.8 Å². The van der Waals surface area contributed by atoms with Crippen LogP contribution < -0.4 is 15.4 Å². The minimum Gasteiger partial charge on any atom is -0.506 e. The quantitative estimate of drug-likeness (QED) is 0.711. The SMILES string of the molecule is COc1ccc(NC(=O)C2CCCCN2)c(O)c1. The molecule has 1 amide bonds. The van der Waals surface area contributed by atoms with Crippen molar-refractivity contribution >= 4 is 11.6 Å². The lowest BCUT2D eigenvalue weighted by molar-refractivity contribution is -0.118. The molecule has 3 N–H and O–H groups in total. The first-order chi connectivity index (χ1) is 8.70. The summed E-state index contributed by atoms with van der Waals surface area (Å²) in [6.07, 6.45) is 3.00. The lowest BCUT2D eigenvalue weighted by atomic mass is 10.0. The van der Waals surface area contributed by atoms with E-state index in [1.807, 2.05) is 0 Å². The second-order valence-corrected chi connectivity index (χ2v) is 4.37. The fraction of sp³-hybridized carbons (Fsp3) is 0.462. The average molecular weight is 250 g/mol. The number of piperidine rings is 1. The standard InChI is InChI=1S/C13H18N2O3/c1-18-9-5-6-10(12(16)8-9)15-13(17)11-4-2-3-7-14-11/h5-6,8,11,14,16H,2-4,7H2,1H3,(H,15,17). The third-order valence-electron chi connectivity index (χ3n) is 3.09. The van der Waals surface area contributed by atoms with E-state index in [4.69, 9.17) is 4.74 Å². The van der Waals surface area contributed by atoms with Gasteiger partial charge in [0.1, 0.15) is 11.5 Å². The van der Waals surface area contributed by atoms with Crippen LogP contribution in [0.4, 0.5) is 5.69 Å². The maximum absolute atomic E-state index is 12.0. The molecule has 0 spiro atoms. The van der Waals surface area contributed by atoms with E-state index in [0.29, 0.717) is 11.4 Å². The van der Waals surface area contributed by atoms with Crippen LogP contribution in [0.3, 0.4) is 0 Å². The lowest BCUT2D eigenvalue weighted by Gasteiger charge is -2.22. The van der Waals surface area contributed by atoms with Crippen molar-refractivity contribution in [2.24, 2.45) is 0 Å². The summed E-state index contributed by atoms with van der Waals surface area (Å²) in [6.45, 7) is 0.868. The van der Waals surface area contributed by atoms with Gasteiger partial charge >= 0.3 is 0 Å². The van der Waals surface area contributed by atoms with Crippen LogP contribution in [0.1, 0.15) is 19.3 Å². The molecule has 0 radical (unpaired) electrons. The Morgan fingerprint density at radius 3 is 2.94 bits per heavy atom. The highest BCUT2D eigenvalue weighted by atomic mass is 16.5. The number of benzene rings is 1. The van der Waals surface area contributed by atoms with Crippen LogP contribution in [0.25, 0.3) is 0 Å². The zero-order chi connectivity index (χ0) is 13.0. The van der Waals surface area contributed by atoms with Crippen LogP contribution in [0, 0.1) is 0 Å². The molecule has 1 fully saturated rings. The molecule has 1 aliphatic heterocycles. The number of phenols is 1. The number of ether oxygens (including phenoxy) is 1. The first-order valence-electron chi connectivity index (χ1n) is 6.12. The summed E-state index contributed by atoms with van der Waals surface area (Å²) in [4.78, 5) is 12.0. The molecular formula is C13H18N2O3. The zero-order valence-corrected chi connectivity index (χ0v) is 10.4. The molecule has 1 unspecified atom stereocenters. The summed E-state index contributed by atoms with van der Waals surface area (Å²) in [6, 6.07) is 4.64. The first-order valence-corrected chi connectivity index (χ1v) is 6.12. The van der Waals surface area contributed by atoms with Crippen molar-refractivity contribution in [2.75, 3.05) is 19.0 Å². The summed E-state index contributed by atoms with van der Waals surface area (Å²) < 4.78 is 4.99. The van der Waals surface area contributed by atoms with Crippen molar-refractivity contribution in [1.82, 2.24) is 5.32 Å². The predicted molar refractivity (Wildman–Crippen MR) is 68.9 cm³/mol. The maximum atomic E-state index is 12.0. The van der Waals surface area contributed by atoms with Crippen LogP contribution >= 0.6 is 0 Å². The molecule has 1 aromatic rings. The molecule has 5 heteroatoms. The number of aromatic hydroxyl groups is 1. The Morgan fingerprint density at radius 1 is 1.50 bits per heavy atom. The van der Waals surface area contributed by atoms with Crippen molar-refractivity contribution in [2.45, 2.75) is 25.3 Å². The Balaban J connectivity index is 2.02. The molecule has 0 aromatic heterocycles. The van der Waals surface area contributed by atoms with Crippen LogP contribution in [-0.4, -0.2) is 30.7 Å². The third kappa shape index (κ3) is 2.92. The van der Waals surface area contributed by atoms with Crippen molar-refractivity contribution < 1.29 is 14.6 Å². The maximum Gasteiger partial charge on any atom is 0.241 e. The molecule has 1 aromatic carbocycles. The van der Waals surface area contributed by atoms with E-state index in [-0.39, 0.29) is 17.7 Å². The molecule has 0 saturated carbocycles. The Bertz CT molecular complexity index is 428. The number of hydrogen-bond donors (Lipinski definition) is 3. The number of phenolic OH excluding ortho intramolecular Hbond substituents is 1. The van der Waals surface area contributed by atoms with Gasteiger partial charge in [0.05, 0.1) is 18.8 Å². The van der Waals surface area contributed by atoms with Gasteiger partial charge in [0.15, 0.2) is 0 Å². The first kappa shape index (κ1) is 12.7. The number of carbonyl (C=O) groups is 1. The Morgan fingerprint density at radius 2 is 2.33 bits per heavy atom. The summed E-state index contributed by atoms with van der Waals surface area (Å²) in [5, 5.41) is 15.6. The number of amides is 1. The highest BCUT2D eigenvalue weighted by molar-refractivity contribution is 5.96. The van der Waals surface area contributed by atoms with Gasteiger partial charge in [-0.15, -0.1) is 0 Å². The summed E-state index contributed by atoms with van der Waals surface area (Å²) in [5.74, 6) is 0.468. The van der Waals surface area contributed by atoms with Crippen LogP contribution in [0.5, 0.6) is 11.5 Å². The molecule has 1 saturated heterocycles. The van der Waals surface area contributed by atoms with Gasteiger partial charge in [0.2, 0.25) is 5.91 Å². The van der Waals surface area contributed by atoms with Gasteiger partial charge < -0.3 is 20.5 Å². The second-order valence-electron chi connectivity index (χ2n) is 4.37. The largest absolute Gasteiger partial charge is 0.506 e. The number of rotatable bonds is 3. The normalized spacial score (nSPS) is 19.3.